The minimum atomic E-state index is -4.77. The number of alkyl halides is 3. The van der Waals surface area contributed by atoms with Gasteiger partial charge < -0.3 is 10.6 Å². The van der Waals surface area contributed by atoms with Gasteiger partial charge in [0.05, 0.1) is 10.5 Å². The fraction of sp³-hybridized carbons (Fsp3) is 0.708. The molecule has 1 aromatic carbocycles. The number of carbonyl (C=O) groups excluding carboxylic acids is 1. The molecule has 4 aliphatic carbocycles. The molecule has 186 valence electrons. The first-order valence-corrected chi connectivity index (χ1v) is 13.7. The van der Waals surface area contributed by atoms with Crippen molar-refractivity contribution in [1.82, 2.24) is 14.9 Å². The molecule has 6 rings (SSSR count). The van der Waals surface area contributed by atoms with Crippen LogP contribution >= 0.6 is 0 Å². The maximum atomic E-state index is 13.5. The van der Waals surface area contributed by atoms with E-state index in [2.05, 4.69) is 10.6 Å². The number of carbonyl (C=O) groups is 1. The lowest BCUT2D eigenvalue weighted by atomic mass is 9.51. The molecule has 4 saturated carbocycles. The minimum absolute atomic E-state index is 0.0812. The number of fused-ring (bicyclic) bond motifs is 2. The summed E-state index contributed by atoms with van der Waals surface area (Å²) in [6, 6.07) is 3.43. The van der Waals surface area contributed by atoms with Crippen molar-refractivity contribution in [3.8, 4) is 0 Å². The average Bonchev–Trinajstić information content (AvgIpc) is 3.37. The molecule has 0 aromatic heterocycles. The molecular weight excluding hydrogens is 467 g/mol. The summed E-state index contributed by atoms with van der Waals surface area (Å²) in [6.07, 6.45) is 3.32. The van der Waals surface area contributed by atoms with E-state index in [0.29, 0.717) is 18.8 Å². The van der Waals surface area contributed by atoms with Gasteiger partial charge in [0.15, 0.2) is 0 Å². The fourth-order valence-electron chi connectivity index (χ4n) is 8.46. The van der Waals surface area contributed by atoms with Gasteiger partial charge in [-0.2, -0.15) is 17.5 Å². The van der Waals surface area contributed by atoms with E-state index in [9.17, 15) is 26.4 Å². The Bertz CT molecular complexity index is 1120. The zero-order chi connectivity index (χ0) is 23.9. The summed E-state index contributed by atoms with van der Waals surface area (Å²) in [6.45, 7) is 0.220. The SMILES string of the molecule is O=C(NCC1CCCN1S(=O)(=O)c1ccccc1C(F)(F)F)NC12C[C@@H]3C[C@H]4C[C@H](C1)C2(C4)C3. The van der Waals surface area contributed by atoms with Crippen molar-refractivity contribution in [2.75, 3.05) is 13.1 Å². The summed E-state index contributed by atoms with van der Waals surface area (Å²) in [5.41, 5.74) is -1.04. The maximum Gasteiger partial charge on any atom is 0.417 e. The average molecular weight is 498 g/mol. The number of amides is 2. The summed E-state index contributed by atoms with van der Waals surface area (Å²) in [7, 11) is -4.35. The normalized spacial score (nSPS) is 38.6. The highest BCUT2D eigenvalue weighted by molar-refractivity contribution is 7.89. The monoisotopic (exact) mass is 497 g/mol. The van der Waals surface area contributed by atoms with Crippen LogP contribution in [0.25, 0.3) is 0 Å². The number of nitrogens with zero attached hydrogens (tertiary/aromatic N) is 1. The Hall–Kier alpha value is -1.81. The molecule has 3 bridgehead atoms. The minimum Gasteiger partial charge on any atom is -0.337 e. The lowest BCUT2D eigenvalue weighted by molar-refractivity contribution is -0.139. The van der Waals surface area contributed by atoms with E-state index in [0.717, 1.165) is 41.1 Å². The van der Waals surface area contributed by atoms with E-state index in [1.807, 2.05) is 0 Å². The first kappa shape index (κ1) is 22.6. The van der Waals surface area contributed by atoms with E-state index in [-0.39, 0.29) is 30.1 Å². The predicted octanol–water partition coefficient (Wildman–Crippen LogP) is 4.13. The molecule has 1 aliphatic heterocycles. The smallest absolute Gasteiger partial charge is 0.337 e. The standard InChI is InChI=1S/C24H30F3N3O3S/c25-24(26,27)19-5-1-2-6-20(19)34(32,33)30-7-3-4-18(30)14-28-21(31)29-23-12-16-8-15-9-17(13-23)22(23,10-15)11-16/h1-2,5-6,15-18H,3-4,7-14H2,(H2,28,29,31)/t15-,16+,17+,18?,22?,23?/m0/s1. The van der Waals surface area contributed by atoms with Crippen molar-refractivity contribution in [2.24, 2.45) is 23.2 Å². The summed E-state index contributed by atoms with van der Waals surface area (Å²) < 4.78 is 67.9. The molecule has 3 unspecified atom stereocenters. The highest BCUT2D eigenvalue weighted by Gasteiger charge is 2.74. The molecule has 6 atom stereocenters. The van der Waals surface area contributed by atoms with Gasteiger partial charge in [-0.15, -0.1) is 0 Å². The first-order chi connectivity index (χ1) is 16.0. The van der Waals surface area contributed by atoms with Gasteiger partial charge in [0.1, 0.15) is 0 Å². The second kappa shape index (κ2) is 7.35. The second-order valence-electron chi connectivity index (χ2n) is 11.2. The van der Waals surface area contributed by atoms with Crippen molar-refractivity contribution < 1.29 is 26.4 Å². The van der Waals surface area contributed by atoms with Crippen molar-refractivity contribution in [3.63, 3.8) is 0 Å². The number of nitrogens with one attached hydrogen (secondary N) is 2. The van der Waals surface area contributed by atoms with Gasteiger partial charge in [0, 0.05) is 24.7 Å². The van der Waals surface area contributed by atoms with E-state index < -0.39 is 32.7 Å². The molecule has 5 fully saturated rings. The third-order valence-corrected chi connectivity index (χ3v) is 11.5. The molecule has 0 radical (unpaired) electrons. The van der Waals surface area contributed by atoms with Gasteiger partial charge in [-0.3, -0.25) is 0 Å². The zero-order valence-electron chi connectivity index (χ0n) is 18.9. The van der Waals surface area contributed by atoms with E-state index >= 15 is 0 Å². The largest absolute Gasteiger partial charge is 0.417 e. The number of halogens is 3. The zero-order valence-corrected chi connectivity index (χ0v) is 19.7. The van der Waals surface area contributed by atoms with E-state index in [1.54, 1.807) is 0 Å². The molecule has 2 N–H and O–H groups in total. The molecule has 6 nitrogen and oxygen atoms in total. The number of rotatable bonds is 5. The van der Waals surface area contributed by atoms with E-state index in [1.165, 1.54) is 37.8 Å². The Balaban J connectivity index is 1.14. The van der Waals surface area contributed by atoms with Crippen LogP contribution < -0.4 is 10.6 Å². The molecule has 1 spiro atoms. The fourth-order valence-corrected chi connectivity index (χ4v) is 10.4. The molecule has 5 aliphatic rings. The molecule has 1 heterocycles. The number of hydrogen-bond acceptors (Lipinski definition) is 3. The Morgan fingerprint density at radius 3 is 2.65 bits per heavy atom. The molecule has 1 saturated heterocycles. The van der Waals surface area contributed by atoms with Crippen LogP contribution in [0.5, 0.6) is 0 Å². The third-order valence-electron chi connectivity index (χ3n) is 9.51. The van der Waals surface area contributed by atoms with Crippen molar-refractivity contribution >= 4 is 16.1 Å². The highest BCUT2D eigenvalue weighted by atomic mass is 32.2. The number of sulfonamides is 1. The van der Waals surface area contributed by atoms with Gasteiger partial charge in [0.25, 0.3) is 0 Å². The lowest BCUT2D eigenvalue weighted by Gasteiger charge is -2.59. The van der Waals surface area contributed by atoms with Crippen LogP contribution in [-0.2, 0) is 16.2 Å². The van der Waals surface area contributed by atoms with Crippen LogP contribution in [0.3, 0.4) is 0 Å². The Labute approximate surface area is 197 Å². The molecule has 1 aromatic rings. The van der Waals surface area contributed by atoms with Crippen molar-refractivity contribution in [3.05, 3.63) is 29.8 Å². The first-order valence-electron chi connectivity index (χ1n) is 12.3. The molecule has 2 amide bonds. The van der Waals surface area contributed by atoms with Crippen LogP contribution in [0.4, 0.5) is 18.0 Å². The van der Waals surface area contributed by atoms with Gasteiger partial charge in [0.2, 0.25) is 10.0 Å². The molecular formula is C24H30F3N3O3S. The van der Waals surface area contributed by atoms with Gasteiger partial charge in [-0.1, -0.05) is 12.1 Å². The number of benzene rings is 1. The van der Waals surface area contributed by atoms with Crippen molar-refractivity contribution in [1.29, 1.82) is 0 Å². The maximum absolute atomic E-state index is 13.5. The summed E-state index contributed by atoms with van der Waals surface area (Å²) in [5.74, 6) is 2.21. The van der Waals surface area contributed by atoms with Crippen LogP contribution in [-0.4, -0.2) is 43.4 Å². The van der Waals surface area contributed by atoms with Gasteiger partial charge in [-0.05, 0) is 86.7 Å². The quantitative estimate of drug-likeness (QED) is 0.642. The number of urea groups is 1. The Morgan fingerprint density at radius 2 is 1.85 bits per heavy atom. The highest BCUT2D eigenvalue weighted by Crippen LogP contribution is 2.77. The van der Waals surface area contributed by atoms with Crippen LogP contribution in [0, 0.1) is 23.2 Å². The number of hydrogen-bond donors (Lipinski definition) is 2. The topological polar surface area (TPSA) is 78.5 Å². The second-order valence-corrected chi connectivity index (χ2v) is 13.1. The third kappa shape index (κ3) is 3.16. The van der Waals surface area contributed by atoms with Crippen molar-refractivity contribution in [2.45, 2.75) is 74.0 Å². The van der Waals surface area contributed by atoms with Crippen LogP contribution in [0.1, 0.15) is 56.9 Å². The predicted molar refractivity (Wildman–Crippen MR) is 118 cm³/mol. The van der Waals surface area contributed by atoms with E-state index in [4.69, 9.17) is 0 Å². The lowest BCUT2D eigenvalue weighted by Crippen LogP contribution is -2.68. The van der Waals surface area contributed by atoms with Gasteiger partial charge >= 0.3 is 12.2 Å². The van der Waals surface area contributed by atoms with Crippen LogP contribution in [0.2, 0.25) is 0 Å². The summed E-state index contributed by atoms with van der Waals surface area (Å²) in [5, 5.41) is 6.14. The Kier molecular flexibility index (Phi) is 4.89. The summed E-state index contributed by atoms with van der Waals surface area (Å²) >= 11 is 0. The van der Waals surface area contributed by atoms with Crippen LogP contribution in [0.15, 0.2) is 29.2 Å². The molecule has 10 heteroatoms. The molecule has 34 heavy (non-hydrogen) atoms. The summed E-state index contributed by atoms with van der Waals surface area (Å²) in [4.78, 5) is 12.2. The van der Waals surface area contributed by atoms with Gasteiger partial charge in [-0.25, -0.2) is 13.2 Å². The Morgan fingerprint density at radius 1 is 1.09 bits per heavy atom.